The van der Waals surface area contributed by atoms with E-state index in [0.717, 1.165) is 10.7 Å². The van der Waals surface area contributed by atoms with E-state index in [1.165, 1.54) is 11.3 Å². The van der Waals surface area contributed by atoms with Crippen LogP contribution in [0.15, 0.2) is 5.38 Å². The van der Waals surface area contributed by atoms with Crippen molar-refractivity contribution in [3.05, 3.63) is 16.1 Å². The summed E-state index contributed by atoms with van der Waals surface area (Å²) in [6.45, 7) is 8.37. The second kappa shape index (κ2) is 10.1. The number of nitrogens with one attached hydrogen (secondary N) is 1. The Morgan fingerprint density at radius 3 is 2.43 bits per heavy atom. The second-order valence-electron chi connectivity index (χ2n) is 4.95. The first-order chi connectivity index (χ1) is 9.81. The number of aliphatic carboxylic acids is 1. The fourth-order valence-corrected chi connectivity index (χ4v) is 2.09. The van der Waals surface area contributed by atoms with Crippen LogP contribution in [0.1, 0.15) is 50.7 Å². The molecule has 0 saturated heterocycles. The van der Waals surface area contributed by atoms with Gasteiger partial charge < -0.3 is 15.3 Å². The molecule has 0 saturated carbocycles. The summed E-state index contributed by atoms with van der Waals surface area (Å²) < 4.78 is 0. The zero-order valence-corrected chi connectivity index (χ0v) is 14.2. The smallest absolute Gasteiger partial charge is 0.323 e. The maximum atomic E-state index is 11.5. The lowest BCUT2D eigenvalue weighted by atomic mass is 10.2. The third-order valence-electron chi connectivity index (χ3n) is 2.20. The van der Waals surface area contributed by atoms with Crippen LogP contribution in [-0.4, -0.2) is 40.6 Å². The summed E-state index contributed by atoms with van der Waals surface area (Å²) in [5.41, 5.74) is 0.816. The summed E-state index contributed by atoms with van der Waals surface area (Å²) in [5.74, 6) is -0.692. The number of urea groups is 1. The molecule has 0 aliphatic rings. The molecule has 1 aromatic rings. The lowest BCUT2D eigenvalue weighted by Crippen LogP contribution is -2.39. The Morgan fingerprint density at radius 2 is 2.00 bits per heavy atom. The average Bonchev–Trinajstić information content (AvgIpc) is 2.85. The molecule has 2 amide bonds. The molecule has 6 nitrogen and oxygen atoms in total. The molecule has 1 aromatic heterocycles. The van der Waals surface area contributed by atoms with E-state index >= 15 is 0 Å². The Kier molecular flexibility index (Phi) is 9.36. The van der Waals surface area contributed by atoms with Crippen LogP contribution in [0.25, 0.3) is 0 Å². The largest absolute Gasteiger partial charge is 0.480 e. The molecular weight excluding hydrogens is 290 g/mol. The van der Waals surface area contributed by atoms with Crippen molar-refractivity contribution in [2.75, 3.05) is 13.6 Å². The minimum absolute atomic E-state index is 0.370. The number of hydrogen-bond donors (Lipinski definition) is 2. The molecule has 120 valence electrons. The van der Waals surface area contributed by atoms with Gasteiger partial charge >= 0.3 is 12.0 Å². The maximum Gasteiger partial charge on any atom is 0.323 e. The van der Waals surface area contributed by atoms with E-state index in [-0.39, 0.29) is 6.54 Å². The third kappa shape index (κ3) is 8.29. The number of amides is 2. The number of carbonyl (C=O) groups is 2. The fraction of sp³-hybridized carbons (Fsp3) is 0.643. The third-order valence-corrected chi connectivity index (χ3v) is 3.39. The van der Waals surface area contributed by atoms with Crippen molar-refractivity contribution in [3.63, 3.8) is 0 Å². The van der Waals surface area contributed by atoms with Gasteiger partial charge in [-0.3, -0.25) is 4.79 Å². The van der Waals surface area contributed by atoms with Crippen molar-refractivity contribution >= 4 is 23.3 Å². The monoisotopic (exact) mass is 315 g/mol. The van der Waals surface area contributed by atoms with E-state index in [1.807, 2.05) is 5.38 Å². The highest BCUT2D eigenvalue weighted by molar-refractivity contribution is 7.09. The van der Waals surface area contributed by atoms with Crippen LogP contribution in [0.3, 0.4) is 0 Å². The molecule has 21 heavy (non-hydrogen) atoms. The molecule has 0 unspecified atom stereocenters. The summed E-state index contributed by atoms with van der Waals surface area (Å²) >= 11 is 1.57. The molecule has 0 fully saturated rings. The minimum Gasteiger partial charge on any atom is -0.480 e. The number of nitrogens with zero attached hydrogens (tertiary/aromatic N) is 2. The Hall–Kier alpha value is -1.63. The number of carbonyl (C=O) groups excluding carboxylic acids is 1. The van der Waals surface area contributed by atoms with Crippen LogP contribution in [0, 0.1) is 0 Å². The van der Waals surface area contributed by atoms with Crippen molar-refractivity contribution in [1.82, 2.24) is 15.2 Å². The molecule has 1 rings (SSSR count). The number of thiazole rings is 1. The molecule has 2 N–H and O–H groups in total. The van der Waals surface area contributed by atoms with E-state index in [0.29, 0.717) is 12.5 Å². The van der Waals surface area contributed by atoms with Gasteiger partial charge in [0.1, 0.15) is 6.54 Å². The quantitative estimate of drug-likeness (QED) is 0.875. The van der Waals surface area contributed by atoms with Crippen LogP contribution in [0.4, 0.5) is 4.79 Å². The van der Waals surface area contributed by atoms with Gasteiger partial charge in [-0.05, 0) is 0 Å². The lowest BCUT2D eigenvalue weighted by Gasteiger charge is -2.15. The lowest BCUT2D eigenvalue weighted by molar-refractivity contribution is -0.135. The van der Waals surface area contributed by atoms with E-state index in [1.54, 1.807) is 18.4 Å². The van der Waals surface area contributed by atoms with Gasteiger partial charge in [0.25, 0.3) is 0 Å². The topological polar surface area (TPSA) is 82.5 Å². The first kappa shape index (κ1) is 19.4. The van der Waals surface area contributed by atoms with Crippen molar-refractivity contribution in [2.45, 2.75) is 46.6 Å². The van der Waals surface area contributed by atoms with E-state index < -0.39 is 12.0 Å². The Bertz CT molecular complexity index is 446. The number of aromatic nitrogens is 1. The molecule has 0 aliphatic carbocycles. The van der Waals surface area contributed by atoms with Gasteiger partial charge in [0.2, 0.25) is 0 Å². The van der Waals surface area contributed by atoms with Crippen LogP contribution in [0.2, 0.25) is 0 Å². The van der Waals surface area contributed by atoms with Gasteiger partial charge in [-0.1, -0.05) is 34.1 Å². The average molecular weight is 315 g/mol. The van der Waals surface area contributed by atoms with E-state index in [4.69, 9.17) is 5.11 Å². The van der Waals surface area contributed by atoms with Crippen molar-refractivity contribution < 1.29 is 14.7 Å². The summed E-state index contributed by atoms with van der Waals surface area (Å²) in [4.78, 5) is 27.7. The maximum absolute atomic E-state index is 11.5. The van der Waals surface area contributed by atoms with Crippen LogP contribution < -0.4 is 5.32 Å². The van der Waals surface area contributed by atoms with E-state index in [9.17, 15) is 9.59 Å². The summed E-state index contributed by atoms with van der Waals surface area (Å²) in [5, 5.41) is 13.7. The van der Waals surface area contributed by atoms with Gasteiger partial charge in [-0.15, -0.1) is 11.3 Å². The SMILES string of the molecule is CC(C)c1nc(CN(C)C(=O)NCC(=O)O)cs1.CCC. The predicted octanol–water partition coefficient (Wildman–Crippen LogP) is 2.91. The molecule has 0 bridgehead atoms. The number of carboxylic acids is 1. The second-order valence-corrected chi connectivity index (χ2v) is 5.84. The molecule has 0 spiro atoms. The predicted molar refractivity (Wildman–Crippen MR) is 84.7 cm³/mol. The Morgan fingerprint density at radius 1 is 1.43 bits per heavy atom. The standard InChI is InChI=1S/C11H17N3O3S.C3H8/c1-7(2)10-13-8(6-18-10)5-14(3)11(17)12-4-9(15)16;1-3-2/h6-7H,4-5H2,1-3H3,(H,12,17)(H,15,16);3H2,1-2H3. The highest BCUT2D eigenvalue weighted by Crippen LogP contribution is 2.19. The summed E-state index contributed by atoms with van der Waals surface area (Å²) in [6, 6.07) is -0.420. The van der Waals surface area contributed by atoms with Gasteiger partial charge in [0.05, 0.1) is 17.2 Å². The molecule has 0 aromatic carbocycles. The molecule has 0 atom stereocenters. The van der Waals surface area contributed by atoms with Gasteiger partial charge in [0, 0.05) is 18.3 Å². The highest BCUT2D eigenvalue weighted by Gasteiger charge is 2.12. The minimum atomic E-state index is -1.06. The summed E-state index contributed by atoms with van der Waals surface area (Å²) in [7, 11) is 1.60. The number of hydrogen-bond acceptors (Lipinski definition) is 4. The Balaban J connectivity index is 0.00000122. The van der Waals surface area contributed by atoms with Gasteiger partial charge in [0.15, 0.2) is 0 Å². The zero-order valence-electron chi connectivity index (χ0n) is 13.3. The highest BCUT2D eigenvalue weighted by atomic mass is 32.1. The fourth-order valence-electron chi connectivity index (χ4n) is 1.26. The summed E-state index contributed by atoms with van der Waals surface area (Å²) in [6.07, 6.45) is 1.25. The van der Waals surface area contributed by atoms with E-state index in [2.05, 4.69) is 38.0 Å². The van der Waals surface area contributed by atoms with Crippen LogP contribution in [-0.2, 0) is 11.3 Å². The molecule has 0 radical (unpaired) electrons. The first-order valence-electron chi connectivity index (χ1n) is 6.96. The zero-order chi connectivity index (χ0) is 16.4. The Labute approximate surface area is 130 Å². The number of rotatable bonds is 5. The molecule has 1 heterocycles. The van der Waals surface area contributed by atoms with Gasteiger partial charge in [-0.25, -0.2) is 9.78 Å². The van der Waals surface area contributed by atoms with Crippen LogP contribution >= 0.6 is 11.3 Å². The molecule has 7 heteroatoms. The van der Waals surface area contributed by atoms with Crippen molar-refractivity contribution in [3.8, 4) is 0 Å². The normalized spacial score (nSPS) is 9.81. The molecular formula is C14H25N3O3S. The van der Waals surface area contributed by atoms with Crippen molar-refractivity contribution in [2.24, 2.45) is 0 Å². The van der Waals surface area contributed by atoms with Crippen molar-refractivity contribution in [1.29, 1.82) is 0 Å². The van der Waals surface area contributed by atoms with Crippen LogP contribution in [0.5, 0.6) is 0 Å². The molecule has 0 aliphatic heterocycles. The number of carboxylic acid groups (broad SMARTS) is 1. The van der Waals surface area contributed by atoms with Gasteiger partial charge in [-0.2, -0.15) is 0 Å². The first-order valence-corrected chi connectivity index (χ1v) is 7.84.